The van der Waals surface area contributed by atoms with Crippen molar-refractivity contribution in [3.8, 4) is 5.75 Å². The molecule has 2 rings (SSSR count). The molecule has 0 saturated carbocycles. The molecular weight excluding hydrogens is 328 g/mol. The van der Waals surface area contributed by atoms with E-state index in [2.05, 4.69) is 5.32 Å². The summed E-state index contributed by atoms with van der Waals surface area (Å²) < 4.78 is 18.5. The van der Waals surface area contributed by atoms with E-state index in [1.54, 1.807) is 32.0 Å². The van der Waals surface area contributed by atoms with E-state index in [0.29, 0.717) is 16.5 Å². The molecule has 6 heteroatoms. The van der Waals surface area contributed by atoms with Gasteiger partial charge in [0.1, 0.15) is 11.6 Å². The van der Waals surface area contributed by atoms with E-state index in [9.17, 15) is 9.18 Å². The Kier molecular flexibility index (Phi) is 4.94. The van der Waals surface area contributed by atoms with Gasteiger partial charge in [0.25, 0.3) is 5.91 Å². The number of hydrogen-bond acceptors (Lipinski definition) is 2. The molecule has 0 spiro atoms. The normalized spacial score (nSPS) is 11.1. The summed E-state index contributed by atoms with van der Waals surface area (Å²) in [6, 6.07) is 10.4. The summed E-state index contributed by atoms with van der Waals surface area (Å²) in [5, 5.41) is 3.27. The van der Waals surface area contributed by atoms with Gasteiger partial charge in [-0.15, -0.1) is 0 Å². The number of benzene rings is 2. The van der Waals surface area contributed by atoms with Gasteiger partial charge in [-0.2, -0.15) is 0 Å². The second-order valence-corrected chi connectivity index (χ2v) is 5.91. The average molecular weight is 342 g/mol. The van der Waals surface area contributed by atoms with Gasteiger partial charge in [-0.3, -0.25) is 4.79 Å². The largest absolute Gasteiger partial charge is 0.478 e. The van der Waals surface area contributed by atoms with Crippen molar-refractivity contribution in [2.24, 2.45) is 0 Å². The smallest absolute Gasteiger partial charge is 0.268 e. The molecule has 0 aromatic heterocycles. The Morgan fingerprint density at radius 3 is 2.41 bits per heavy atom. The molecule has 0 fully saturated rings. The maximum atomic E-state index is 12.9. The van der Waals surface area contributed by atoms with Gasteiger partial charge >= 0.3 is 0 Å². The minimum absolute atomic E-state index is 0.259. The lowest BCUT2D eigenvalue weighted by Crippen LogP contribution is -2.42. The first-order chi connectivity index (χ1) is 10.3. The van der Waals surface area contributed by atoms with Crippen LogP contribution in [0.5, 0.6) is 5.75 Å². The van der Waals surface area contributed by atoms with Gasteiger partial charge in [0, 0.05) is 0 Å². The van der Waals surface area contributed by atoms with E-state index in [-0.39, 0.29) is 10.8 Å². The van der Waals surface area contributed by atoms with Gasteiger partial charge in [-0.25, -0.2) is 4.39 Å². The standard InChI is InChI=1S/C16H14Cl2FNO2/c1-16(2,22-11-8-6-10(19)7-9-11)15(21)20-13-5-3-4-12(17)14(13)18/h3-9H,1-2H3,(H,20,21). The second kappa shape index (κ2) is 6.55. The number of carbonyl (C=O) groups excluding carboxylic acids is 1. The fourth-order valence-electron chi connectivity index (χ4n) is 1.72. The summed E-state index contributed by atoms with van der Waals surface area (Å²) in [5.74, 6) is -0.389. The van der Waals surface area contributed by atoms with Crippen molar-refractivity contribution in [1.29, 1.82) is 0 Å². The fraction of sp³-hybridized carbons (Fsp3) is 0.188. The molecule has 0 saturated heterocycles. The highest BCUT2D eigenvalue weighted by Gasteiger charge is 2.30. The number of rotatable bonds is 4. The lowest BCUT2D eigenvalue weighted by molar-refractivity contribution is -0.128. The molecule has 2 aromatic rings. The molecule has 1 N–H and O–H groups in total. The Labute approximate surface area is 138 Å². The molecule has 0 aliphatic heterocycles. The summed E-state index contributed by atoms with van der Waals surface area (Å²) in [5.41, 5.74) is -0.779. The monoisotopic (exact) mass is 341 g/mol. The van der Waals surface area contributed by atoms with E-state index >= 15 is 0 Å². The SMILES string of the molecule is CC(C)(Oc1ccc(F)cc1)C(=O)Nc1cccc(Cl)c1Cl. The molecule has 0 unspecified atom stereocenters. The maximum absolute atomic E-state index is 12.9. The van der Waals surface area contributed by atoms with Crippen molar-refractivity contribution < 1.29 is 13.9 Å². The van der Waals surface area contributed by atoms with Crippen molar-refractivity contribution in [3.05, 3.63) is 58.3 Å². The zero-order chi connectivity index (χ0) is 16.3. The van der Waals surface area contributed by atoms with Crippen LogP contribution in [0.1, 0.15) is 13.8 Å². The third kappa shape index (κ3) is 3.90. The van der Waals surface area contributed by atoms with Gasteiger partial charge in [0.05, 0.1) is 15.7 Å². The van der Waals surface area contributed by atoms with Crippen molar-refractivity contribution in [2.75, 3.05) is 5.32 Å². The average Bonchev–Trinajstić information content (AvgIpc) is 2.46. The van der Waals surface area contributed by atoms with Crippen molar-refractivity contribution in [2.45, 2.75) is 19.4 Å². The van der Waals surface area contributed by atoms with Gasteiger partial charge in [0.15, 0.2) is 5.60 Å². The predicted molar refractivity (Wildman–Crippen MR) is 86.2 cm³/mol. The zero-order valence-corrected chi connectivity index (χ0v) is 13.5. The van der Waals surface area contributed by atoms with Crippen LogP contribution >= 0.6 is 23.2 Å². The minimum atomic E-state index is -1.18. The van der Waals surface area contributed by atoms with Crippen LogP contribution in [-0.2, 0) is 4.79 Å². The first-order valence-corrected chi connectivity index (χ1v) is 7.25. The Balaban J connectivity index is 2.13. The van der Waals surface area contributed by atoms with Crippen LogP contribution in [0.2, 0.25) is 10.0 Å². The molecule has 0 radical (unpaired) electrons. The van der Waals surface area contributed by atoms with E-state index in [1.807, 2.05) is 0 Å². The summed E-state index contributed by atoms with van der Waals surface area (Å²) in [6.07, 6.45) is 0. The minimum Gasteiger partial charge on any atom is -0.478 e. The highest BCUT2D eigenvalue weighted by molar-refractivity contribution is 6.44. The lowest BCUT2D eigenvalue weighted by atomic mass is 10.1. The van der Waals surface area contributed by atoms with Crippen LogP contribution < -0.4 is 10.1 Å². The highest BCUT2D eigenvalue weighted by atomic mass is 35.5. The van der Waals surface area contributed by atoms with Gasteiger partial charge < -0.3 is 10.1 Å². The summed E-state index contributed by atoms with van der Waals surface area (Å²) in [4.78, 5) is 12.4. The van der Waals surface area contributed by atoms with Gasteiger partial charge in [-0.05, 0) is 50.2 Å². The maximum Gasteiger partial charge on any atom is 0.268 e. The molecule has 0 bridgehead atoms. The molecule has 116 valence electrons. The molecule has 0 atom stereocenters. The van der Waals surface area contributed by atoms with E-state index in [4.69, 9.17) is 27.9 Å². The van der Waals surface area contributed by atoms with Crippen LogP contribution in [0.15, 0.2) is 42.5 Å². The van der Waals surface area contributed by atoms with Crippen LogP contribution in [-0.4, -0.2) is 11.5 Å². The predicted octanol–water partition coefficient (Wildman–Crippen LogP) is 4.93. The second-order valence-electron chi connectivity index (χ2n) is 5.12. The topological polar surface area (TPSA) is 38.3 Å². The number of anilines is 1. The third-order valence-electron chi connectivity index (χ3n) is 2.93. The Morgan fingerprint density at radius 2 is 1.77 bits per heavy atom. The molecule has 1 amide bonds. The molecule has 3 nitrogen and oxygen atoms in total. The van der Waals surface area contributed by atoms with Gasteiger partial charge in [0.2, 0.25) is 0 Å². The number of carbonyl (C=O) groups is 1. The molecule has 0 aliphatic rings. The quantitative estimate of drug-likeness (QED) is 0.856. The Hall–Kier alpha value is -1.78. The van der Waals surface area contributed by atoms with Crippen LogP contribution in [0.3, 0.4) is 0 Å². The highest BCUT2D eigenvalue weighted by Crippen LogP contribution is 2.30. The zero-order valence-electron chi connectivity index (χ0n) is 12.0. The summed E-state index contributed by atoms with van der Waals surface area (Å²) in [7, 11) is 0. The molecule has 0 aliphatic carbocycles. The number of halogens is 3. The van der Waals surface area contributed by atoms with Crippen molar-refractivity contribution in [1.82, 2.24) is 0 Å². The number of hydrogen-bond donors (Lipinski definition) is 1. The van der Waals surface area contributed by atoms with E-state index in [0.717, 1.165) is 0 Å². The van der Waals surface area contributed by atoms with Crippen LogP contribution in [0.25, 0.3) is 0 Å². The Bertz CT molecular complexity index is 687. The lowest BCUT2D eigenvalue weighted by Gasteiger charge is -2.25. The van der Waals surface area contributed by atoms with Crippen LogP contribution in [0.4, 0.5) is 10.1 Å². The summed E-state index contributed by atoms with van der Waals surface area (Å²) >= 11 is 11.9. The third-order valence-corrected chi connectivity index (χ3v) is 3.75. The van der Waals surface area contributed by atoms with Crippen LogP contribution in [0, 0.1) is 5.82 Å². The molecule has 0 heterocycles. The molecule has 22 heavy (non-hydrogen) atoms. The number of amides is 1. The molecule has 2 aromatic carbocycles. The Morgan fingerprint density at radius 1 is 1.14 bits per heavy atom. The van der Waals surface area contributed by atoms with Gasteiger partial charge in [-0.1, -0.05) is 29.3 Å². The number of ether oxygens (including phenoxy) is 1. The summed E-state index contributed by atoms with van der Waals surface area (Å²) in [6.45, 7) is 3.20. The van der Waals surface area contributed by atoms with Crippen molar-refractivity contribution >= 4 is 34.8 Å². The van der Waals surface area contributed by atoms with Crippen molar-refractivity contribution in [3.63, 3.8) is 0 Å². The van der Waals surface area contributed by atoms with E-state index < -0.39 is 11.5 Å². The van der Waals surface area contributed by atoms with E-state index in [1.165, 1.54) is 24.3 Å². The fourth-order valence-corrected chi connectivity index (χ4v) is 2.06. The number of nitrogens with one attached hydrogen (secondary N) is 1. The molecular formula is C16H14Cl2FNO2. The first-order valence-electron chi connectivity index (χ1n) is 6.49. The first kappa shape index (κ1) is 16.6.